The van der Waals surface area contributed by atoms with E-state index in [-0.39, 0.29) is 5.69 Å². The molecule has 0 unspecified atom stereocenters. The fraction of sp³-hybridized carbons (Fsp3) is 0.400. The minimum atomic E-state index is -0.402. The van der Waals surface area contributed by atoms with Gasteiger partial charge in [0.15, 0.2) is 11.7 Å². The van der Waals surface area contributed by atoms with Crippen LogP contribution in [-0.4, -0.2) is 22.5 Å². The highest BCUT2D eigenvalue weighted by Crippen LogP contribution is 2.26. The largest absolute Gasteiger partial charge is 0.441 e. The lowest BCUT2D eigenvalue weighted by atomic mass is 10.1. The average molecular weight is 289 g/mol. The predicted molar refractivity (Wildman–Crippen MR) is 80.2 cm³/mol. The molecule has 6 heteroatoms. The highest BCUT2D eigenvalue weighted by molar-refractivity contribution is 5.61. The molecule has 0 radical (unpaired) electrons. The number of nitrogens with one attached hydrogen (secondary N) is 1. The van der Waals surface area contributed by atoms with Gasteiger partial charge in [0.25, 0.3) is 5.69 Å². The van der Waals surface area contributed by atoms with Gasteiger partial charge in [0.05, 0.1) is 11.1 Å². The molecule has 0 amide bonds. The monoisotopic (exact) mass is 289 g/mol. The van der Waals surface area contributed by atoms with Crippen LogP contribution in [0.25, 0.3) is 11.3 Å². The van der Waals surface area contributed by atoms with Gasteiger partial charge in [-0.2, -0.15) is 0 Å². The normalized spacial score (nSPS) is 11.0. The number of non-ortho nitro benzene ring substituents is 1. The fourth-order valence-electron chi connectivity index (χ4n) is 2.04. The molecular formula is C15H19N3O3. The lowest BCUT2D eigenvalue weighted by molar-refractivity contribution is -0.384. The van der Waals surface area contributed by atoms with Crippen LogP contribution in [0.5, 0.6) is 0 Å². The van der Waals surface area contributed by atoms with Gasteiger partial charge >= 0.3 is 0 Å². The summed E-state index contributed by atoms with van der Waals surface area (Å²) in [6.07, 6.45) is 2.30. The second-order valence-electron chi connectivity index (χ2n) is 5.29. The third kappa shape index (κ3) is 4.13. The third-order valence-electron chi connectivity index (χ3n) is 3.00. The molecule has 6 nitrogen and oxygen atoms in total. The molecule has 2 rings (SSSR count). The van der Waals surface area contributed by atoms with Crippen LogP contribution in [0.1, 0.15) is 25.3 Å². The van der Waals surface area contributed by atoms with E-state index in [2.05, 4.69) is 24.1 Å². The third-order valence-corrected chi connectivity index (χ3v) is 3.00. The standard InChI is InChI=1S/C15H19N3O3/c1-10(2)16-5-4-15-17-9-14(21-15)12-6-11(3)7-13(8-12)18(19)20/h6-10,16H,4-5H2,1-3H3. The van der Waals surface area contributed by atoms with Gasteiger partial charge < -0.3 is 9.73 Å². The van der Waals surface area contributed by atoms with Crippen LogP contribution in [-0.2, 0) is 6.42 Å². The van der Waals surface area contributed by atoms with E-state index in [0.717, 1.165) is 12.1 Å². The molecule has 112 valence electrons. The summed E-state index contributed by atoms with van der Waals surface area (Å²) < 4.78 is 5.67. The van der Waals surface area contributed by atoms with Gasteiger partial charge in [-0.3, -0.25) is 10.1 Å². The maximum Gasteiger partial charge on any atom is 0.270 e. The summed E-state index contributed by atoms with van der Waals surface area (Å²) in [5.41, 5.74) is 1.56. The summed E-state index contributed by atoms with van der Waals surface area (Å²) in [5.74, 6) is 1.18. The Morgan fingerprint density at radius 1 is 1.38 bits per heavy atom. The summed E-state index contributed by atoms with van der Waals surface area (Å²) >= 11 is 0. The summed E-state index contributed by atoms with van der Waals surface area (Å²) in [7, 11) is 0. The van der Waals surface area contributed by atoms with E-state index in [9.17, 15) is 10.1 Å². The van der Waals surface area contributed by atoms with Gasteiger partial charge in [-0.05, 0) is 18.6 Å². The average Bonchev–Trinajstić information content (AvgIpc) is 2.86. The summed E-state index contributed by atoms with van der Waals surface area (Å²) in [6, 6.07) is 5.31. The second-order valence-corrected chi connectivity index (χ2v) is 5.29. The van der Waals surface area contributed by atoms with Crippen LogP contribution in [0.4, 0.5) is 5.69 Å². The first kappa shape index (κ1) is 15.2. The lowest BCUT2D eigenvalue weighted by Gasteiger charge is -2.05. The summed E-state index contributed by atoms with van der Waals surface area (Å²) in [6.45, 7) is 6.76. The van der Waals surface area contributed by atoms with Gasteiger partial charge in [0.1, 0.15) is 0 Å². The maximum absolute atomic E-state index is 10.9. The first-order chi connectivity index (χ1) is 9.95. The van der Waals surface area contributed by atoms with E-state index in [1.807, 2.05) is 13.0 Å². The van der Waals surface area contributed by atoms with Gasteiger partial charge in [0.2, 0.25) is 0 Å². The zero-order chi connectivity index (χ0) is 15.4. The zero-order valence-corrected chi connectivity index (χ0v) is 12.4. The zero-order valence-electron chi connectivity index (χ0n) is 12.4. The van der Waals surface area contributed by atoms with Gasteiger partial charge in [-0.1, -0.05) is 13.8 Å². The van der Waals surface area contributed by atoms with Crippen LogP contribution >= 0.6 is 0 Å². The van der Waals surface area contributed by atoms with E-state index in [1.54, 1.807) is 6.20 Å². The number of hydrogen-bond acceptors (Lipinski definition) is 5. The smallest absolute Gasteiger partial charge is 0.270 e. The highest BCUT2D eigenvalue weighted by atomic mass is 16.6. The lowest BCUT2D eigenvalue weighted by Crippen LogP contribution is -2.24. The van der Waals surface area contributed by atoms with Crippen LogP contribution in [0, 0.1) is 17.0 Å². The first-order valence-electron chi connectivity index (χ1n) is 6.90. The Kier molecular flexibility index (Phi) is 4.70. The van der Waals surface area contributed by atoms with E-state index in [0.29, 0.717) is 29.7 Å². The van der Waals surface area contributed by atoms with Crippen molar-refractivity contribution in [1.82, 2.24) is 10.3 Å². The van der Waals surface area contributed by atoms with Gasteiger partial charge in [-0.25, -0.2) is 4.98 Å². The second kappa shape index (κ2) is 6.49. The molecular weight excluding hydrogens is 270 g/mol. The fourth-order valence-corrected chi connectivity index (χ4v) is 2.04. The van der Waals surface area contributed by atoms with E-state index in [1.165, 1.54) is 12.1 Å². The number of hydrogen-bond donors (Lipinski definition) is 1. The SMILES string of the molecule is Cc1cc(-c2cnc(CCNC(C)C)o2)cc([N+](=O)[O-])c1. The van der Waals surface area contributed by atoms with Crippen LogP contribution in [0.2, 0.25) is 0 Å². The van der Waals surface area contributed by atoms with E-state index < -0.39 is 4.92 Å². The molecule has 0 saturated heterocycles. The van der Waals surface area contributed by atoms with Crippen molar-refractivity contribution >= 4 is 5.69 Å². The summed E-state index contributed by atoms with van der Waals surface area (Å²) in [4.78, 5) is 14.7. The summed E-state index contributed by atoms with van der Waals surface area (Å²) in [5, 5.41) is 14.2. The van der Waals surface area contributed by atoms with Crippen LogP contribution < -0.4 is 5.32 Å². The topological polar surface area (TPSA) is 81.2 Å². The number of aromatic nitrogens is 1. The quantitative estimate of drug-likeness (QED) is 0.652. The maximum atomic E-state index is 10.9. The Labute approximate surface area is 123 Å². The number of nitro groups is 1. The Morgan fingerprint density at radius 2 is 2.14 bits per heavy atom. The Morgan fingerprint density at radius 3 is 2.81 bits per heavy atom. The minimum absolute atomic E-state index is 0.0597. The van der Waals surface area contributed by atoms with Crippen LogP contribution in [0.3, 0.4) is 0 Å². The van der Waals surface area contributed by atoms with Crippen molar-refractivity contribution in [1.29, 1.82) is 0 Å². The molecule has 0 atom stereocenters. The molecule has 1 heterocycles. The number of nitro benzene ring substituents is 1. The molecule has 0 saturated carbocycles. The minimum Gasteiger partial charge on any atom is -0.441 e. The Balaban J connectivity index is 2.15. The molecule has 0 fully saturated rings. The molecule has 1 aromatic heterocycles. The van der Waals surface area contributed by atoms with E-state index >= 15 is 0 Å². The van der Waals surface area contributed by atoms with E-state index in [4.69, 9.17) is 4.42 Å². The molecule has 0 bridgehead atoms. The number of benzene rings is 1. The molecule has 0 spiro atoms. The van der Waals surface area contributed by atoms with Crippen molar-refractivity contribution in [2.45, 2.75) is 33.2 Å². The van der Waals surface area contributed by atoms with Crippen molar-refractivity contribution in [3.8, 4) is 11.3 Å². The highest BCUT2D eigenvalue weighted by Gasteiger charge is 2.12. The van der Waals surface area contributed by atoms with Gasteiger partial charge in [0, 0.05) is 36.7 Å². The first-order valence-corrected chi connectivity index (χ1v) is 6.90. The Hall–Kier alpha value is -2.21. The van der Waals surface area contributed by atoms with Crippen LogP contribution in [0.15, 0.2) is 28.8 Å². The molecule has 1 aromatic carbocycles. The number of aryl methyl sites for hydroxylation is 1. The number of oxazole rings is 1. The van der Waals surface area contributed by atoms with Crippen molar-refractivity contribution in [2.75, 3.05) is 6.54 Å². The van der Waals surface area contributed by atoms with Crippen molar-refractivity contribution in [3.05, 3.63) is 46.0 Å². The predicted octanol–water partition coefficient (Wildman–Crippen LogP) is 3.10. The van der Waals surface area contributed by atoms with Crippen molar-refractivity contribution < 1.29 is 9.34 Å². The molecule has 1 N–H and O–H groups in total. The Bertz CT molecular complexity index is 635. The molecule has 0 aliphatic carbocycles. The molecule has 0 aliphatic heterocycles. The van der Waals surface area contributed by atoms with Crippen molar-refractivity contribution in [2.24, 2.45) is 0 Å². The van der Waals surface area contributed by atoms with Gasteiger partial charge in [-0.15, -0.1) is 0 Å². The molecule has 2 aromatic rings. The molecule has 0 aliphatic rings. The number of nitrogens with zero attached hydrogens (tertiary/aromatic N) is 2. The number of rotatable bonds is 6. The van der Waals surface area contributed by atoms with Crippen molar-refractivity contribution in [3.63, 3.8) is 0 Å². The molecule has 21 heavy (non-hydrogen) atoms.